The van der Waals surface area contributed by atoms with Gasteiger partial charge in [-0.05, 0) is 6.92 Å². The summed E-state index contributed by atoms with van der Waals surface area (Å²) in [5.74, 6) is -3.17. The monoisotopic (exact) mass is 646 g/mol. The number of aromatic amines is 1. The first-order valence-electron chi connectivity index (χ1n) is 12.4. The van der Waals surface area contributed by atoms with E-state index < -0.39 is 54.2 Å². The minimum absolute atomic E-state index is 0.0571. The van der Waals surface area contributed by atoms with Crippen LogP contribution in [-0.4, -0.2) is 80.4 Å². The highest BCUT2D eigenvalue weighted by Gasteiger charge is 2.52. The number of ether oxygens (including phenoxy) is 1. The van der Waals surface area contributed by atoms with Gasteiger partial charge in [-0.2, -0.15) is 0 Å². The smallest absolute Gasteiger partial charge is 0.382 e. The van der Waals surface area contributed by atoms with Crippen LogP contribution in [0.5, 0.6) is 0 Å². The summed E-state index contributed by atoms with van der Waals surface area (Å²) in [7, 11) is -3.76. The van der Waals surface area contributed by atoms with Crippen molar-refractivity contribution in [2.45, 2.75) is 66.1 Å². The van der Waals surface area contributed by atoms with Crippen molar-refractivity contribution in [3.05, 3.63) is 33.1 Å². The van der Waals surface area contributed by atoms with E-state index in [1.807, 2.05) is 4.98 Å². The lowest BCUT2D eigenvalue weighted by molar-refractivity contribution is -0.273. The van der Waals surface area contributed by atoms with Gasteiger partial charge >= 0.3 is 13.5 Å². The number of nitrogens with zero attached hydrogens (tertiary/aromatic N) is 1. The highest BCUT2D eigenvalue weighted by molar-refractivity contribution is 8.14. The van der Waals surface area contributed by atoms with Crippen molar-refractivity contribution in [3.63, 3.8) is 0 Å². The maximum Gasteiger partial charge on any atom is 0.475 e. The largest absolute Gasteiger partial charge is 0.475 e. The molecule has 0 spiro atoms. The molecule has 3 N–H and O–H groups in total. The SMILES string of the molecule is CO[C@](F)(COP(=O)(OCCSC(=O)C(C)(C)C)OCCSC(=O)C(C)(C)C)[C@@H](O)[C@@](C)(O)n1ccc(=O)[nH]c1=O. The molecule has 13 nitrogen and oxygen atoms in total. The number of rotatable bonds is 15. The van der Waals surface area contributed by atoms with Crippen LogP contribution in [0.4, 0.5) is 4.39 Å². The Hall–Kier alpha value is -1.36. The normalized spacial score (nSPS) is 16.6. The van der Waals surface area contributed by atoms with Crippen molar-refractivity contribution < 1.29 is 47.1 Å². The fraction of sp³-hybridized carbons (Fsp3) is 0.750. The average Bonchev–Trinajstić information content (AvgIpc) is 2.85. The van der Waals surface area contributed by atoms with Gasteiger partial charge < -0.3 is 14.9 Å². The molecule has 0 amide bonds. The Morgan fingerprint density at radius 2 is 1.46 bits per heavy atom. The first kappa shape index (κ1) is 37.7. The maximum absolute atomic E-state index is 15.8. The summed E-state index contributed by atoms with van der Waals surface area (Å²) >= 11 is 1.84. The number of H-pyrrole nitrogens is 1. The molecule has 0 bridgehead atoms. The van der Waals surface area contributed by atoms with Crippen LogP contribution >= 0.6 is 31.3 Å². The molecule has 1 aromatic rings. The number of halogens is 1. The Kier molecular flexibility index (Phi) is 13.7. The zero-order valence-corrected chi connectivity index (χ0v) is 27.0. The van der Waals surface area contributed by atoms with E-state index in [-0.39, 0.29) is 35.0 Å². The maximum atomic E-state index is 15.8. The lowest BCUT2D eigenvalue weighted by Crippen LogP contribution is -2.59. The Bertz CT molecular complexity index is 1170. The molecule has 0 saturated carbocycles. The van der Waals surface area contributed by atoms with Crippen LogP contribution in [0.2, 0.25) is 0 Å². The number of hydrogen-bond donors (Lipinski definition) is 3. The van der Waals surface area contributed by atoms with Crippen LogP contribution in [0.1, 0.15) is 48.5 Å². The Morgan fingerprint density at radius 3 is 1.85 bits per heavy atom. The standard InChI is InChI=1S/C24H40FN2O11PS2/c1-21(2,3)18(30)40-13-11-36-39(34,37-12-14-41-19(31)22(4,5)6)38-15-24(25,35-8)17(29)23(7,33)27-10-9-16(28)26-20(27)32/h9-10,17,29,33H,11-15H2,1-8H3,(H,26,28,32)/t17-,23+,24+/m0/s1. The van der Waals surface area contributed by atoms with Crippen molar-refractivity contribution in [1.29, 1.82) is 0 Å². The molecule has 0 fully saturated rings. The average molecular weight is 647 g/mol. The number of methoxy groups -OCH3 is 1. The molecule has 236 valence electrons. The van der Waals surface area contributed by atoms with Gasteiger partial charge in [-0.25, -0.2) is 13.8 Å². The molecule has 0 aromatic carbocycles. The number of carbonyl (C=O) groups excluding carboxylic acids is 2. The Morgan fingerprint density at radius 1 is 1.00 bits per heavy atom. The quantitative estimate of drug-likeness (QED) is 0.187. The topological polar surface area (TPSA) is 183 Å². The number of alkyl halides is 1. The van der Waals surface area contributed by atoms with Gasteiger partial charge in [0, 0.05) is 41.7 Å². The van der Waals surface area contributed by atoms with Gasteiger partial charge in [-0.1, -0.05) is 65.1 Å². The zero-order chi connectivity index (χ0) is 31.9. The summed E-state index contributed by atoms with van der Waals surface area (Å²) in [4.78, 5) is 49.7. The molecular formula is C24H40FN2O11PS2. The summed E-state index contributed by atoms with van der Waals surface area (Å²) in [6.07, 6.45) is -1.69. The molecule has 0 aliphatic carbocycles. The predicted octanol–water partition coefficient (Wildman–Crippen LogP) is 2.64. The molecular weight excluding hydrogens is 606 g/mol. The molecule has 17 heteroatoms. The number of aliphatic hydroxyl groups is 2. The van der Waals surface area contributed by atoms with Gasteiger partial charge in [0.25, 0.3) is 11.4 Å². The van der Waals surface area contributed by atoms with E-state index >= 15 is 4.39 Å². The summed E-state index contributed by atoms with van der Waals surface area (Å²) in [5.41, 5.74) is -5.90. The minimum Gasteiger partial charge on any atom is -0.382 e. The van der Waals surface area contributed by atoms with Crippen LogP contribution in [0, 0.1) is 10.8 Å². The van der Waals surface area contributed by atoms with E-state index in [1.54, 1.807) is 41.5 Å². The van der Waals surface area contributed by atoms with Crippen LogP contribution in [0.15, 0.2) is 21.9 Å². The summed E-state index contributed by atoms with van der Waals surface area (Å²) < 4.78 is 50.1. The number of aliphatic hydroxyl groups excluding tert-OH is 1. The number of thioether (sulfide) groups is 2. The van der Waals surface area contributed by atoms with E-state index in [2.05, 4.69) is 0 Å². The number of nitrogens with one attached hydrogen (secondary N) is 1. The zero-order valence-electron chi connectivity index (χ0n) is 24.4. The van der Waals surface area contributed by atoms with Crippen LogP contribution in [-0.2, 0) is 38.2 Å². The van der Waals surface area contributed by atoms with Crippen molar-refractivity contribution >= 4 is 41.6 Å². The van der Waals surface area contributed by atoms with Crippen LogP contribution < -0.4 is 11.2 Å². The Balaban J connectivity index is 3.07. The molecule has 0 aliphatic heterocycles. The number of phosphoric acid groups is 1. The van der Waals surface area contributed by atoms with Gasteiger partial charge in [0.15, 0.2) is 22.1 Å². The van der Waals surface area contributed by atoms with Gasteiger partial charge in [0.1, 0.15) is 6.61 Å². The highest BCUT2D eigenvalue weighted by atomic mass is 32.2. The number of aromatic nitrogens is 2. The molecule has 1 aromatic heterocycles. The number of carbonyl (C=O) groups is 2. The second kappa shape index (κ2) is 14.9. The predicted molar refractivity (Wildman–Crippen MR) is 153 cm³/mol. The summed E-state index contributed by atoms with van der Waals surface area (Å²) in [6, 6.07) is 0.868. The second-order valence-electron chi connectivity index (χ2n) is 11.1. The molecule has 1 rings (SSSR count). The van der Waals surface area contributed by atoms with Crippen molar-refractivity contribution in [1.82, 2.24) is 9.55 Å². The van der Waals surface area contributed by atoms with E-state index in [4.69, 9.17) is 18.3 Å². The van der Waals surface area contributed by atoms with Gasteiger partial charge in [-0.3, -0.25) is 37.5 Å². The number of hydrogen-bond acceptors (Lipinski definition) is 13. The number of phosphoric ester groups is 1. The minimum atomic E-state index is -4.59. The first-order valence-corrected chi connectivity index (χ1v) is 15.9. The van der Waals surface area contributed by atoms with Crippen molar-refractivity contribution in [3.8, 4) is 0 Å². The lowest BCUT2D eigenvalue weighted by atomic mass is 9.99. The molecule has 0 saturated heterocycles. The van der Waals surface area contributed by atoms with Crippen molar-refractivity contribution in [2.75, 3.05) is 38.4 Å². The van der Waals surface area contributed by atoms with Crippen molar-refractivity contribution in [2.24, 2.45) is 10.8 Å². The second-order valence-corrected chi connectivity index (χ2v) is 14.9. The third kappa shape index (κ3) is 11.3. The van der Waals surface area contributed by atoms with E-state index in [0.29, 0.717) is 4.57 Å². The molecule has 41 heavy (non-hydrogen) atoms. The Labute approximate surface area is 246 Å². The van der Waals surface area contributed by atoms with Crippen LogP contribution in [0.3, 0.4) is 0 Å². The lowest BCUT2D eigenvalue weighted by Gasteiger charge is -2.38. The molecule has 0 radical (unpaired) electrons. The molecule has 0 unspecified atom stereocenters. The van der Waals surface area contributed by atoms with E-state index in [0.717, 1.165) is 49.8 Å². The summed E-state index contributed by atoms with van der Waals surface area (Å²) in [5, 5.41) is 21.2. The van der Waals surface area contributed by atoms with Crippen LogP contribution in [0.25, 0.3) is 0 Å². The summed E-state index contributed by atoms with van der Waals surface area (Å²) in [6.45, 7) is 9.31. The molecule has 0 aliphatic rings. The van der Waals surface area contributed by atoms with E-state index in [1.165, 1.54) is 0 Å². The van der Waals surface area contributed by atoms with E-state index in [9.17, 15) is 34.0 Å². The molecule has 1 heterocycles. The van der Waals surface area contributed by atoms with Gasteiger partial charge in [0.2, 0.25) is 0 Å². The fourth-order valence-electron chi connectivity index (χ4n) is 2.84. The first-order chi connectivity index (χ1) is 18.6. The van der Waals surface area contributed by atoms with Gasteiger partial charge in [0.05, 0.1) is 13.2 Å². The fourth-order valence-corrected chi connectivity index (χ4v) is 5.85. The third-order valence-electron chi connectivity index (χ3n) is 5.35. The molecule has 3 atom stereocenters. The third-order valence-corrected chi connectivity index (χ3v) is 9.29. The van der Waals surface area contributed by atoms with Gasteiger partial charge in [-0.15, -0.1) is 0 Å². The highest BCUT2D eigenvalue weighted by Crippen LogP contribution is 2.51.